The Balaban J connectivity index is 2.51. The average molecular weight is 309 g/mol. The number of para-hydroxylation sites is 1. The number of unbranched alkanes of at least 4 members (excludes halogenated alkanes) is 2. The highest BCUT2D eigenvalue weighted by molar-refractivity contribution is 7.80. The zero-order valence-electron chi connectivity index (χ0n) is 12.8. The first-order valence-corrected chi connectivity index (χ1v) is 7.41. The number of thiocarbonyl (C=S) groups is 1. The first-order chi connectivity index (χ1) is 10.2. The van der Waals surface area contributed by atoms with Crippen LogP contribution in [0.15, 0.2) is 23.3 Å². The van der Waals surface area contributed by atoms with Crippen LogP contribution in [0.1, 0.15) is 31.7 Å². The predicted octanol–water partition coefficient (Wildman–Crippen LogP) is 2.69. The van der Waals surface area contributed by atoms with Crippen LogP contribution in [-0.4, -0.2) is 32.1 Å². The minimum absolute atomic E-state index is 0.518. The molecular weight excluding hydrogens is 286 g/mol. The van der Waals surface area contributed by atoms with Crippen LogP contribution in [0.4, 0.5) is 0 Å². The van der Waals surface area contributed by atoms with Gasteiger partial charge in [-0.1, -0.05) is 25.8 Å². The van der Waals surface area contributed by atoms with Crippen molar-refractivity contribution in [3.63, 3.8) is 0 Å². The highest BCUT2D eigenvalue weighted by atomic mass is 32.1. The molecule has 0 amide bonds. The van der Waals surface area contributed by atoms with E-state index in [0.717, 1.165) is 18.5 Å². The topological polar surface area (TPSA) is 54.9 Å². The van der Waals surface area contributed by atoms with E-state index in [1.54, 1.807) is 20.4 Å². The van der Waals surface area contributed by atoms with Crippen LogP contribution in [0.25, 0.3) is 0 Å². The SMILES string of the molecule is CCCCCNC(=S)N/N=C\c1cccc(OC)c1OC. The molecule has 0 saturated heterocycles. The summed E-state index contributed by atoms with van der Waals surface area (Å²) in [6, 6.07) is 5.61. The fraction of sp³-hybridized carbons (Fsp3) is 0.467. The number of hydrogen-bond donors (Lipinski definition) is 2. The summed E-state index contributed by atoms with van der Waals surface area (Å²) in [6.45, 7) is 3.03. The maximum Gasteiger partial charge on any atom is 0.186 e. The second-order valence-electron chi connectivity index (χ2n) is 4.42. The highest BCUT2D eigenvalue weighted by Crippen LogP contribution is 2.29. The van der Waals surface area contributed by atoms with Crippen LogP contribution < -0.4 is 20.2 Å². The molecule has 0 bridgehead atoms. The van der Waals surface area contributed by atoms with E-state index < -0.39 is 0 Å². The first-order valence-electron chi connectivity index (χ1n) is 7.00. The number of ether oxygens (including phenoxy) is 2. The summed E-state index contributed by atoms with van der Waals surface area (Å²) in [5.41, 5.74) is 3.61. The van der Waals surface area contributed by atoms with Gasteiger partial charge >= 0.3 is 0 Å². The molecule has 0 radical (unpaired) electrons. The molecule has 0 aliphatic rings. The van der Waals surface area contributed by atoms with E-state index in [0.29, 0.717) is 16.6 Å². The van der Waals surface area contributed by atoms with Gasteiger partial charge in [0.05, 0.1) is 20.4 Å². The second-order valence-corrected chi connectivity index (χ2v) is 4.82. The van der Waals surface area contributed by atoms with Crippen molar-refractivity contribution in [3.05, 3.63) is 23.8 Å². The van der Waals surface area contributed by atoms with Gasteiger partial charge in [0.2, 0.25) is 0 Å². The lowest BCUT2D eigenvalue weighted by atomic mass is 10.2. The number of methoxy groups -OCH3 is 2. The zero-order valence-corrected chi connectivity index (χ0v) is 13.6. The summed E-state index contributed by atoms with van der Waals surface area (Å²) >= 11 is 5.14. The number of hydrazone groups is 1. The Labute approximate surface area is 131 Å². The van der Waals surface area contributed by atoms with E-state index in [4.69, 9.17) is 21.7 Å². The Morgan fingerprint density at radius 1 is 1.29 bits per heavy atom. The number of benzene rings is 1. The lowest BCUT2D eigenvalue weighted by molar-refractivity contribution is 0.354. The standard InChI is InChI=1S/C15H23N3O2S/c1-4-5-6-10-16-15(21)18-17-11-12-8-7-9-13(19-2)14(12)20-3/h7-9,11H,4-6,10H2,1-3H3,(H2,16,18,21)/b17-11-. The number of hydrogen-bond acceptors (Lipinski definition) is 4. The molecule has 21 heavy (non-hydrogen) atoms. The Hall–Kier alpha value is -1.82. The van der Waals surface area contributed by atoms with E-state index in [2.05, 4.69) is 22.8 Å². The molecule has 0 saturated carbocycles. The Morgan fingerprint density at radius 2 is 2.10 bits per heavy atom. The van der Waals surface area contributed by atoms with Crippen molar-refractivity contribution in [2.75, 3.05) is 20.8 Å². The van der Waals surface area contributed by atoms with Gasteiger partial charge in [-0.3, -0.25) is 5.43 Å². The normalized spacial score (nSPS) is 10.4. The molecule has 0 fully saturated rings. The van der Waals surface area contributed by atoms with Gasteiger partial charge in [-0.25, -0.2) is 0 Å². The van der Waals surface area contributed by atoms with Gasteiger partial charge in [-0.15, -0.1) is 0 Å². The van der Waals surface area contributed by atoms with Gasteiger partial charge in [-0.05, 0) is 30.8 Å². The van der Waals surface area contributed by atoms with Gasteiger partial charge < -0.3 is 14.8 Å². The average Bonchev–Trinajstić information content (AvgIpc) is 2.51. The minimum atomic E-state index is 0.518. The summed E-state index contributed by atoms with van der Waals surface area (Å²) in [4.78, 5) is 0. The third-order valence-corrected chi connectivity index (χ3v) is 3.10. The lowest BCUT2D eigenvalue weighted by Gasteiger charge is -2.10. The molecule has 1 aromatic carbocycles. The van der Waals surface area contributed by atoms with Gasteiger partial charge in [-0.2, -0.15) is 5.10 Å². The van der Waals surface area contributed by atoms with E-state index in [1.807, 2.05) is 18.2 Å². The fourth-order valence-corrected chi connectivity index (χ4v) is 1.95. The fourth-order valence-electron chi connectivity index (χ4n) is 1.79. The third kappa shape index (κ3) is 5.99. The number of nitrogens with one attached hydrogen (secondary N) is 2. The van der Waals surface area contributed by atoms with Crippen LogP contribution in [-0.2, 0) is 0 Å². The van der Waals surface area contributed by atoms with Gasteiger partial charge in [0.15, 0.2) is 16.6 Å². The van der Waals surface area contributed by atoms with E-state index in [9.17, 15) is 0 Å². The highest BCUT2D eigenvalue weighted by Gasteiger charge is 2.07. The second kappa shape index (κ2) is 9.99. The largest absolute Gasteiger partial charge is 0.493 e. The smallest absolute Gasteiger partial charge is 0.186 e. The number of rotatable bonds is 8. The van der Waals surface area contributed by atoms with E-state index in [1.165, 1.54) is 12.8 Å². The molecule has 1 aromatic rings. The summed E-state index contributed by atoms with van der Waals surface area (Å²) in [6.07, 6.45) is 5.14. The summed E-state index contributed by atoms with van der Waals surface area (Å²) in [7, 11) is 3.20. The summed E-state index contributed by atoms with van der Waals surface area (Å²) in [5, 5.41) is 7.73. The zero-order chi connectivity index (χ0) is 15.5. The third-order valence-electron chi connectivity index (χ3n) is 2.87. The molecule has 2 N–H and O–H groups in total. The molecule has 6 heteroatoms. The van der Waals surface area contributed by atoms with Crippen molar-refractivity contribution >= 4 is 23.5 Å². The van der Waals surface area contributed by atoms with E-state index >= 15 is 0 Å². The van der Waals surface area contributed by atoms with Gasteiger partial charge in [0.1, 0.15) is 0 Å². The molecule has 0 atom stereocenters. The van der Waals surface area contributed by atoms with Crippen molar-refractivity contribution in [2.45, 2.75) is 26.2 Å². The molecule has 0 aliphatic carbocycles. The van der Waals surface area contributed by atoms with Gasteiger partial charge in [0.25, 0.3) is 0 Å². The van der Waals surface area contributed by atoms with Crippen LogP contribution in [0.2, 0.25) is 0 Å². The Bertz CT molecular complexity index is 478. The van der Waals surface area contributed by atoms with Crippen LogP contribution in [0.3, 0.4) is 0 Å². The summed E-state index contributed by atoms with van der Waals surface area (Å²) < 4.78 is 10.6. The first kappa shape index (κ1) is 17.2. The van der Waals surface area contributed by atoms with Crippen LogP contribution >= 0.6 is 12.2 Å². The van der Waals surface area contributed by atoms with Crippen molar-refractivity contribution in [2.24, 2.45) is 5.10 Å². The predicted molar refractivity (Wildman–Crippen MR) is 90.4 cm³/mol. The van der Waals surface area contributed by atoms with Crippen molar-refractivity contribution in [1.82, 2.24) is 10.7 Å². The monoisotopic (exact) mass is 309 g/mol. The van der Waals surface area contributed by atoms with Crippen LogP contribution in [0, 0.1) is 0 Å². The minimum Gasteiger partial charge on any atom is -0.493 e. The molecule has 0 heterocycles. The van der Waals surface area contributed by atoms with Crippen LogP contribution in [0.5, 0.6) is 11.5 Å². The van der Waals surface area contributed by atoms with Crippen molar-refractivity contribution < 1.29 is 9.47 Å². The van der Waals surface area contributed by atoms with Gasteiger partial charge in [0, 0.05) is 12.1 Å². The molecule has 0 aliphatic heterocycles. The Morgan fingerprint density at radius 3 is 2.76 bits per heavy atom. The number of nitrogens with zero attached hydrogens (tertiary/aromatic N) is 1. The van der Waals surface area contributed by atoms with Crippen molar-refractivity contribution in [1.29, 1.82) is 0 Å². The molecule has 0 aromatic heterocycles. The van der Waals surface area contributed by atoms with Crippen molar-refractivity contribution in [3.8, 4) is 11.5 Å². The quantitative estimate of drug-likeness (QED) is 0.335. The summed E-state index contributed by atoms with van der Waals surface area (Å²) in [5.74, 6) is 1.31. The maximum atomic E-state index is 5.32. The molecule has 116 valence electrons. The molecule has 0 spiro atoms. The molecule has 0 unspecified atom stereocenters. The molecule has 5 nitrogen and oxygen atoms in total. The molecular formula is C15H23N3O2S. The molecule has 1 rings (SSSR count). The Kier molecular flexibility index (Phi) is 8.19. The van der Waals surface area contributed by atoms with E-state index in [-0.39, 0.29) is 0 Å². The maximum absolute atomic E-state index is 5.32. The lowest BCUT2D eigenvalue weighted by Crippen LogP contribution is -2.32.